The van der Waals surface area contributed by atoms with Gasteiger partial charge in [-0.3, -0.25) is 9.59 Å². The summed E-state index contributed by atoms with van der Waals surface area (Å²) in [5.41, 5.74) is 0. The molecule has 0 aromatic rings. The Labute approximate surface area is 121 Å². The molecule has 1 rings (SSSR count). The lowest BCUT2D eigenvalue weighted by Crippen LogP contribution is -2.49. The molecule has 1 amide bonds. The predicted molar refractivity (Wildman–Crippen MR) is 71.5 cm³/mol. The van der Waals surface area contributed by atoms with Crippen molar-refractivity contribution in [1.29, 1.82) is 0 Å². The van der Waals surface area contributed by atoms with Crippen LogP contribution in [0.15, 0.2) is 0 Å². The van der Waals surface area contributed by atoms with Gasteiger partial charge in [-0.15, -0.1) is 0 Å². The van der Waals surface area contributed by atoms with Crippen LogP contribution in [0.2, 0.25) is 0 Å². The van der Waals surface area contributed by atoms with Crippen molar-refractivity contribution in [3.05, 3.63) is 0 Å². The molecule has 1 aliphatic heterocycles. The van der Waals surface area contributed by atoms with Gasteiger partial charge in [0.1, 0.15) is 6.04 Å². The van der Waals surface area contributed by atoms with E-state index in [4.69, 9.17) is 10.2 Å². The Bertz CT molecular complexity index is 517. The molecule has 0 aliphatic carbocycles. The molecule has 1 unspecified atom stereocenters. The van der Waals surface area contributed by atoms with E-state index in [1.165, 1.54) is 0 Å². The molecule has 0 aromatic carbocycles. The standard InChI is InChI=1S/C11H18N2O7S/c14-9(5-7-6-21(19,20)4-3-12-7)13-8(11(17)18)1-2-10(15)16/h7-8,12H,1-6H2,(H,13,14)(H,15,16)(H,17,18)/t7?,8-/m0/s1. The molecule has 10 heteroatoms. The molecule has 0 bridgehead atoms. The normalized spacial score (nSPS) is 22.2. The van der Waals surface area contributed by atoms with E-state index in [0.717, 1.165) is 0 Å². The molecule has 0 aromatic heterocycles. The van der Waals surface area contributed by atoms with E-state index >= 15 is 0 Å². The monoisotopic (exact) mass is 322 g/mol. The molecule has 21 heavy (non-hydrogen) atoms. The molecule has 1 heterocycles. The fraction of sp³-hybridized carbons (Fsp3) is 0.727. The smallest absolute Gasteiger partial charge is 0.326 e. The van der Waals surface area contributed by atoms with Crippen LogP contribution in [0.5, 0.6) is 0 Å². The van der Waals surface area contributed by atoms with Crippen LogP contribution in [0, 0.1) is 0 Å². The summed E-state index contributed by atoms with van der Waals surface area (Å²) in [5, 5.41) is 22.5. The number of aliphatic carboxylic acids is 2. The number of amides is 1. The minimum absolute atomic E-state index is 0.0154. The third kappa shape index (κ3) is 6.54. The van der Waals surface area contributed by atoms with E-state index in [1.54, 1.807) is 0 Å². The lowest BCUT2D eigenvalue weighted by atomic mass is 10.1. The maximum Gasteiger partial charge on any atom is 0.326 e. The Morgan fingerprint density at radius 1 is 1.29 bits per heavy atom. The average molecular weight is 322 g/mol. The van der Waals surface area contributed by atoms with E-state index in [-0.39, 0.29) is 37.3 Å². The number of hydrogen-bond donors (Lipinski definition) is 4. The van der Waals surface area contributed by atoms with Crippen molar-refractivity contribution in [2.75, 3.05) is 18.1 Å². The molecule has 9 nitrogen and oxygen atoms in total. The Hall–Kier alpha value is -1.68. The largest absolute Gasteiger partial charge is 0.481 e. The summed E-state index contributed by atoms with van der Waals surface area (Å²) in [6.45, 7) is 0.252. The fourth-order valence-electron chi connectivity index (χ4n) is 2.00. The molecule has 1 fully saturated rings. The first-order valence-corrected chi connectivity index (χ1v) is 8.19. The molecule has 4 N–H and O–H groups in total. The van der Waals surface area contributed by atoms with Crippen LogP contribution in [0.1, 0.15) is 19.3 Å². The van der Waals surface area contributed by atoms with Crippen molar-refractivity contribution in [2.45, 2.75) is 31.3 Å². The molecule has 2 atom stereocenters. The predicted octanol–water partition coefficient (Wildman–Crippen LogP) is -1.80. The van der Waals surface area contributed by atoms with Crippen LogP contribution >= 0.6 is 0 Å². The zero-order valence-electron chi connectivity index (χ0n) is 11.2. The molecular formula is C11H18N2O7S. The van der Waals surface area contributed by atoms with Crippen molar-refractivity contribution >= 4 is 27.7 Å². The van der Waals surface area contributed by atoms with E-state index in [9.17, 15) is 22.8 Å². The minimum atomic E-state index is -3.18. The number of hydrogen-bond acceptors (Lipinski definition) is 6. The summed E-state index contributed by atoms with van der Waals surface area (Å²) in [6, 6.07) is -1.86. The Balaban J connectivity index is 2.50. The van der Waals surface area contributed by atoms with E-state index in [1.807, 2.05) is 0 Å². The Morgan fingerprint density at radius 2 is 1.95 bits per heavy atom. The molecule has 1 aliphatic rings. The SMILES string of the molecule is O=C(O)CC[C@H](NC(=O)CC1CS(=O)(=O)CCN1)C(=O)O. The highest BCUT2D eigenvalue weighted by atomic mass is 32.2. The van der Waals surface area contributed by atoms with Crippen LogP contribution in [0.3, 0.4) is 0 Å². The van der Waals surface area contributed by atoms with Gasteiger partial charge in [-0.2, -0.15) is 0 Å². The van der Waals surface area contributed by atoms with Gasteiger partial charge in [-0.25, -0.2) is 13.2 Å². The first-order chi connectivity index (χ1) is 9.69. The van der Waals surface area contributed by atoms with Gasteiger partial charge in [0, 0.05) is 25.4 Å². The summed E-state index contributed by atoms with van der Waals surface area (Å²) in [4.78, 5) is 33.1. The van der Waals surface area contributed by atoms with Gasteiger partial charge in [-0.05, 0) is 6.42 Å². The van der Waals surface area contributed by atoms with Crippen molar-refractivity contribution in [3.8, 4) is 0 Å². The quantitative estimate of drug-likeness (QED) is 0.428. The topological polar surface area (TPSA) is 150 Å². The van der Waals surface area contributed by atoms with Gasteiger partial charge >= 0.3 is 11.9 Å². The summed E-state index contributed by atoms with van der Waals surface area (Å²) >= 11 is 0. The van der Waals surface area contributed by atoms with Crippen molar-refractivity contribution in [2.24, 2.45) is 0 Å². The average Bonchev–Trinajstić information content (AvgIpc) is 2.32. The second-order valence-electron chi connectivity index (χ2n) is 4.86. The van der Waals surface area contributed by atoms with E-state index in [0.29, 0.717) is 0 Å². The lowest BCUT2D eigenvalue weighted by molar-refractivity contribution is -0.143. The minimum Gasteiger partial charge on any atom is -0.481 e. The number of carboxylic acid groups (broad SMARTS) is 2. The second kappa shape index (κ2) is 7.36. The van der Waals surface area contributed by atoms with Crippen LogP contribution < -0.4 is 10.6 Å². The first kappa shape index (κ1) is 17.4. The maximum atomic E-state index is 11.7. The number of rotatable bonds is 7. The van der Waals surface area contributed by atoms with Crippen molar-refractivity contribution in [1.82, 2.24) is 10.6 Å². The first-order valence-electron chi connectivity index (χ1n) is 6.37. The van der Waals surface area contributed by atoms with Crippen molar-refractivity contribution in [3.63, 3.8) is 0 Å². The van der Waals surface area contributed by atoms with Gasteiger partial charge in [0.15, 0.2) is 9.84 Å². The third-order valence-electron chi connectivity index (χ3n) is 3.01. The summed E-state index contributed by atoms with van der Waals surface area (Å²) in [7, 11) is -3.18. The number of carbonyl (C=O) groups is 3. The van der Waals surface area contributed by atoms with E-state index < -0.39 is 39.8 Å². The lowest BCUT2D eigenvalue weighted by Gasteiger charge is -2.23. The highest BCUT2D eigenvalue weighted by molar-refractivity contribution is 7.91. The fourth-order valence-corrected chi connectivity index (χ4v) is 3.44. The van der Waals surface area contributed by atoms with E-state index in [2.05, 4.69) is 10.6 Å². The number of nitrogens with one attached hydrogen (secondary N) is 2. The Kier molecular flexibility index (Phi) is 6.09. The van der Waals surface area contributed by atoms with Gasteiger partial charge in [-0.1, -0.05) is 0 Å². The molecule has 0 spiro atoms. The Morgan fingerprint density at radius 3 is 2.48 bits per heavy atom. The zero-order chi connectivity index (χ0) is 16.0. The highest BCUT2D eigenvalue weighted by Gasteiger charge is 2.28. The highest BCUT2D eigenvalue weighted by Crippen LogP contribution is 2.06. The van der Waals surface area contributed by atoms with Crippen LogP contribution in [0.4, 0.5) is 0 Å². The molecule has 0 saturated carbocycles. The maximum absolute atomic E-state index is 11.7. The van der Waals surface area contributed by atoms with Crippen LogP contribution in [-0.2, 0) is 24.2 Å². The van der Waals surface area contributed by atoms with Gasteiger partial charge in [0.2, 0.25) is 5.91 Å². The summed E-state index contributed by atoms with van der Waals surface area (Å²) < 4.78 is 22.8. The van der Waals surface area contributed by atoms with Gasteiger partial charge in [0.05, 0.1) is 11.5 Å². The van der Waals surface area contributed by atoms with Gasteiger partial charge in [0.25, 0.3) is 0 Å². The molecule has 0 radical (unpaired) electrons. The van der Waals surface area contributed by atoms with Crippen molar-refractivity contribution < 1.29 is 33.0 Å². The molecule has 1 saturated heterocycles. The summed E-state index contributed by atoms with van der Waals surface area (Å²) in [6.07, 6.45) is -0.782. The summed E-state index contributed by atoms with van der Waals surface area (Å²) in [5.74, 6) is -3.26. The van der Waals surface area contributed by atoms with Gasteiger partial charge < -0.3 is 20.8 Å². The van der Waals surface area contributed by atoms with Crippen LogP contribution in [-0.4, -0.2) is 66.6 Å². The molecular weight excluding hydrogens is 304 g/mol. The zero-order valence-corrected chi connectivity index (χ0v) is 12.1. The number of sulfone groups is 1. The third-order valence-corrected chi connectivity index (χ3v) is 4.75. The number of carbonyl (C=O) groups excluding carboxylic acids is 1. The van der Waals surface area contributed by atoms with Crippen LogP contribution in [0.25, 0.3) is 0 Å². The molecule has 120 valence electrons. The number of carboxylic acids is 2. The second-order valence-corrected chi connectivity index (χ2v) is 7.09.